The Bertz CT molecular complexity index is 697. The Kier molecular flexibility index (Phi) is 4.68. The predicted molar refractivity (Wildman–Crippen MR) is 84.5 cm³/mol. The second-order valence-electron chi connectivity index (χ2n) is 6.32. The van der Waals surface area contributed by atoms with E-state index >= 15 is 0 Å². The number of nitrogens with zero attached hydrogens (tertiary/aromatic N) is 2. The van der Waals surface area contributed by atoms with Gasteiger partial charge in [-0.3, -0.25) is 14.5 Å². The molecule has 1 unspecified atom stereocenters. The number of hydrogen-bond donors (Lipinski definition) is 1. The van der Waals surface area contributed by atoms with Crippen LogP contribution in [0.25, 0.3) is 0 Å². The molecule has 136 valence electrons. The lowest BCUT2D eigenvalue weighted by molar-refractivity contribution is -0.188. The molecule has 5 nitrogen and oxygen atoms in total. The van der Waals surface area contributed by atoms with E-state index in [1.807, 2.05) is 0 Å². The zero-order chi connectivity index (χ0) is 18.4. The number of carbonyl (C=O) groups is 2. The molecule has 0 spiro atoms. The molecule has 0 radical (unpaired) electrons. The Labute approximate surface area is 147 Å². The minimum Gasteiger partial charge on any atom is -0.481 e. The number of aliphatic carboxylic acids is 1. The smallest absolute Gasteiger partial charge is 0.393 e. The number of benzene rings is 1. The molecule has 2 aliphatic rings. The van der Waals surface area contributed by atoms with Crippen molar-refractivity contribution < 1.29 is 27.9 Å². The Morgan fingerprint density at radius 2 is 2.00 bits per heavy atom. The highest BCUT2D eigenvalue weighted by atomic mass is 35.5. The van der Waals surface area contributed by atoms with Crippen molar-refractivity contribution in [2.45, 2.75) is 18.6 Å². The van der Waals surface area contributed by atoms with Gasteiger partial charge >= 0.3 is 12.1 Å². The van der Waals surface area contributed by atoms with Crippen molar-refractivity contribution in [2.75, 3.05) is 24.5 Å². The number of likely N-dealkylation sites (tertiary alicyclic amines) is 1. The summed E-state index contributed by atoms with van der Waals surface area (Å²) in [6.07, 6.45) is -4.26. The van der Waals surface area contributed by atoms with E-state index in [1.54, 1.807) is 24.3 Å². The molecular formula is C16H16ClF3N2O3. The molecule has 2 heterocycles. The van der Waals surface area contributed by atoms with Gasteiger partial charge in [0.05, 0.1) is 17.9 Å². The van der Waals surface area contributed by atoms with E-state index in [1.165, 1.54) is 9.80 Å². The van der Waals surface area contributed by atoms with Gasteiger partial charge in [-0.1, -0.05) is 17.7 Å². The maximum atomic E-state index is 13.1. The van der Waals surface area contributed by atoms with Crippen LogP contribution in [0.3, 0.4) is 0 Å². The Balaban J connectivity index is 1.77. The van der Waals surface area contributed by atoms with Crippen LogP contribution in [0.1, 0.15) is 6.42 Å². The standard InChI is InChI=1S/C16H16ClF3N2O3/c17-9-2-1-3-10(6-9)22-5-4-13(14(22)23)21-7-11(15(24)25)12(8-21)16(18,19)20/h1-3,6,11-13H,4-5,7-8H2,(H,24,25)/t11-,12-,13?/m1/s1. The molecule has 0 bridgehead atoms. The molecule has 1 amide bonds. The lowest BCUT2D eigenvalue weighted by Crippen LogP contribution is -2.41. The zero-order valence-electron chi connectivity index (χ0n) is 13.0. The number of halogens is 4. The lowest BCUT2D eigenvalue weighted by atomic mass is 9.96. The van der Waals surface area contributed by atoms with Crippen molar-refractivity contribution in [3.05, 3.63) is 29.3 Å². The van der Waals surface area contributed by atoms with Gasteiger partial charge in [-0.25, -0.2) is 0 Å². The first kappa shape index (κ1) is 18.0. The average Bonchev–Trinajstić information content (AvgIpc) is 3.10. The number of hydrogen-bond acceptors (Lipinski definition) is 3. The molecule has 2 saturated heterocycles. The average molecular weight is 377 g/mol. The summed E-state index contributed by atoms with van der Waals surface area (Å²) in [6.45, 7) is -0.395. The number of rotatable bonds is 3. The lowest BCUT2D eigenvalue weighted by Gasteiger charge is -2.23. The zero-order valence-corrected chi connectivity index (χ0v) is 13.8. The SMILES string of the molecule is O=C(O)[C@@H]1CN(C2CCN(c3cccc(Cl)c3)C2=O)C[C@H]1C(F)(F)F. The van der Waals surface area contributed by atoms with Crippen molar-refractivity contribution in [1.82, 2.24) is 4.90 Å². The van der Waals surface area contributed by atoms with Crippen molar-refractivity contribution in [3.63, 3.8) is 0 Å². The maximum absolute atomic E-state index is 13.1. The quantitative estimate of drug-likeness (QED) is 0.881. The molecule has 1 aromatic rings. The van der Waals surface area contributed by atoms with Crippen LogP contribution in [-0.4, -0.2) is 53.7 Å². The second kappa shape index (κ2) is 6.49. The van der Waals surface area contributed by atoms with Crippen LogP contribution in [0.2, 0.25) is 5.02 Å². The fraction of sp³-hybridized carbons (Fsp3) is 0.500. The summed E-state index contributed by atoms with van der Waals surface area (Å²) in [5.74, 6) is -5.32. The van der Waals surface area contributed by atoms with Gasteiger partial charge < -0.3 is 10.0 Å². The molecule has 3 atom stereocenters. The number of carbonyl (C=O) groups excluding carboxylic acids is 1. The normalized spacial score (nSPS) is 27.9. The van der Waals surface area contributed by atoms with Gasteiger partial charge in [0.2, 0.25) is 5.91 Å². The third-order valence-corrected chi connectivity index (χ3v) is 5.06. The summed E-state index contributed by atoms with van der Waals surface area (Å²) in [5, 5.41) is 9.55. The number of alkyl halides is 3. The van der Waals surface area contributed by atoms with Crippen LogP contribution in [0.4, 0.5) is 18.9 Å². The van der Waals surface area contributed by atoms with Crippen LogP contribution in [0, 0.1) is 11.8 Å². The van der Waals surface area contributed by atoms with E-state index in [0.717, 1.165) is 0 Å². The fourth-order valence-electron chi connectivity index (χ4n) is 3.57. The fourth-order valence-corrected chi connectivity index (χ4v) is 3.76. The second-order valence-corrected chi connectivity index (χ2v) is 6.76. The molecule has 25 heavy (non-hydrogen) atoms. The molecule has 0 aliphatic carbocycles. The number of carboxylic acids is 1. The summed E-state index contributed by atoms with van der Waals surface area (Å²) in [5.41, 5.74) is 0.585. The highest BCUT2D eigenvalue weighted by Gasteiger charge is 2.55. The summed E-state index contributed by atoms with van der Waals surface area (Å²) >= 11 is 5.92. The van der Waals surface area contributed by atoms with Gasteiger partial charge in [0.25, 0.3) is 0 Å². The topological polar surface area (TPSA) is 60.9 Å². The number of amides is 1. The Morgan fingerprint density at radius 1 is 1.28 bits per heavy atom. The molecule has 1 aromatic carbocycles. The largest absolute Gasteiger partial charge is 0.481 e. The monoisotopic (exact) mass is 376 g/mol. The van der Waals surface area contributed by atoms with Crippen LogP contribution in [-0.2, 0) is 9.59 Å². The molecule has 0 aromatic heterocycles. The first-order chi connectivity index (χ1) is 11.7. The minimum atomic E-state index is -4.61. The van der Waals surface area contributed by atoms with E-state index < -0.39 is 36.6 Å². The first-order valence-electron chi connectivity index (χ1n) is 7.79. The third kappa shape index (κ3) is 3.46. The van der Waals surface area contributed by atoms with E-state index in [2.05, 4.69) is 0 Å². The van der Waals surface area contributed by atoms with Crippen LogP contribution in [0.15, 0.2) is 24.3 Å². The molecule has 0 saturated carbocycles. The summed E-state index contributed by atoms with van der Waals surface area (Å²) in [4.78, 5) is 26.7. The van der Waals surface area contributed by atoms with Crippen LogP contribution < -0.4 is 4.90 Å². The van der Waals surface area contributed by atoms with E-state index in [9.17, 15) is 22.8 Å². The highest BCUT2D eigenvalue weighted by Crippen LogP contribution is 2.40. The van der Waals surface area contributed by atoms with Crippen molar-refractivity contribution in [1.29, 1.82) is 0 Å². The number of carboxylic acid groups (broad SMARTS) is 1. The van der Waals surface area contributed by atoms with Crippen molar-refractivity contribution >= 4 is 29.2 Å². The van der Waals surface area contributed by atoms with Gasteiger partial charge in [-0.15, -0.1) is 0 Å². The summed E-state index contributed by atoms with van der Waals surface area (Å²) in [6, 6.07) is 5.93. The van der Waals surface area contributed by atoms with Gasteiger partial charge in [0.1, 0.15) is 0 Å². The molecule has 3 rings (SSSR count). The first-order valence-corrected chi connectivity index (χ1v) is 8.17. The Hall–Kier alpha value is -1.80. The minimum absolute atomic E-state index is 0.278. The number of anilines is 1. The van der Waals surface area contributed by atoms with Gasteiger partial charge in [-0.2, -0.15) is 13.2 Å². The molecule has 9 heteroatoms. The van der Waals surface area contributed by atoms with Gasteiger partial charge in [-0.05, 0) is 24.6 Å². The predicted octanol–water partition coefficient (Wildman–Crippen LogP) is 2.64. The van der Waals surface area contributed by atoms with Crippen molar-refractivity contribution in [3.8, 4) is 0 Å². The maximum Gasteiger partial charge on any atom is 0.393 e. The molecular weight excluding hydrogens is 361 g/mol. The van der Waals surface area contributed by atoms with E-state index in [0.29, 0.717) is 23.7 Å². The van der Waals surface area contributed by atoms with E-state index in [-0.39, 0.29) is 12.5 Å². The highest BCUT2D eigenvalue weighted by molar-refractivity contribution is 6.31. The summed E-state index contributed by atoms with van der Waals surface area (Å²) < 4.78 is 39.3. The van der Waals surface area contributed by atoms with Gasteiger partial charge in [0, 0.05) is 30.3 Å². The third-order valence-electron chi connectivity index (χ3n) is 4.82. The van der Waals surface area contributed by atoms with Crippen LogP contribution >= 0.6 is 11.6 Å². The van der Waals surface area contributed by atoms with Crippen LogP contribution in [0.5, 0.6) is 0 Å². The molecule has 2 aliphatic heterocycles. The van der Waals surface area contributed by atoms with Gasteiger partial charge in [0.15, 0.2) is 0 Å². The Morgan fingerprint density at radius 3 is 2.56 bits per heavy atom. The summed E-state index contributed by atoms with van der Waals surface area (Å²) in [7, 11) is 0. The molecule has 2 fully saturated rings. The molecule has 1 N–H and O–H groups in total. The van der Waals surface area contributed by atoms with E-state index in [4.69, 9.17) is 16.7 Å². The van der Waals surface area contributed by atoms with Crippen molar-refractivity contribution in [2.24, 2.45) is 11.8 Å².